The summed E-state index contributed by atoms with van der Waals surface area (Å²) in [5.41, 5.74) is 8.28. The van der Waals surface area contributed by atoms with E-state index in [1.165, 1.54) is 250 Å². The number of anilines is 1. The summed E-state index contributed by atoms with van der Waals surface area (Å²) in [6.07, 6.45) is 56.0. The van der Waals surface area contributed by atoms with Crippen LogP contribution in [0.25, 0.3) is 22.9 Å². The lowest BCUT2D eigenvalue weighted by atomic mass is 10.0. The average Bonchev–Trinajstić information content (AvgIpc) is 3.86. The van der Waals surface area contributed by atoms with Gasteiger partial charge in [-0.05, 0) is 55.7 Å². The number of hydrogen-bond acceptors (Lipinski definition) is 7. The minimum Gasteiger partial charge on any atom is -0.490 e. The largest absolute Gasteiger partial charge is 0.490 e. The standard InChI is InChI=1S/C62H107N3O4/c1-4-7-10-13-16-19-22-25-28-31-34-37-40-43-50-66-58-53-56(62-65-64-61(69-62)55-46-48-57(63)49-47-55)54-59(67-51-44-41-38-35-32-29-26-23-20-17-14-11-8-5-2)60(58)68-52-45-42-39-36-33-30-27-24-21-18-15-12-9-6-3/h46-49,53-54H,4-45,50-52,63H2,1-3H3. The van der Waals surface area contributed by atoms with Gasteiger partial charge in [0, 0.05) is 16.8 Å². The third kappa shape index (κ3) is 31.0. The van der Waals surface area contributed by atoms with Crippen molar-refractivity contribution in [1.82, 2.24) is 10.2 Å². The molecule has 0 aliphatic heterocycles. The molecular weight excluding hydrogens is 851 g/mol. The molecule has 0 fully saturated rings. The Bertz CT molecular complexity index is 1520. The van der Waals surface area contributed by atoms with Gasteiger partial charge in [-0.2, -0.15) is 0 Å². The summed E-state index contributed by atoms with van der Waals surface area (Å²) in [6.45, 7) is 8.80. The summed E-state index contributed by atoms with van der Waals surface area (Å²) in [4.78, 5) is 0. The second-order valence-electron chi connectivity index (χ2n) is 20.7. The first kappa shape index (κ1) is 60.1. The van der Waals surface area contributed by atoms with Gasteiger partial charge in [-0.15, -0.1) is 10.2 Å². The number of benzene rings is 2. The predicted molar refractivity (Wildman–Crippen MR) is 297 cm³/mol. The highest BCUT2D eigenvalue weighted by Crippen LogP contribution is 2.42. The summed E-state index contributed by atoms with van der Waals surface area (Å²) in [6, 6.07) is 11.6. The number of hydrogen-bond donors (Lipinski definition) is 1. The second-order valence-corrected chi connectivity index (χ2v) is 20.7. The van der Waals surface area contributed by atoms with Gasteiger partial charge in [-0.1, -0.05) is 271 Å². The van der Waals surface area contributed by atoms with Gasteiger partial charge in [-0.3, -0.25) is 0 Å². The zero-order chi connectivity index (χ0) is 48.9. The van der Waals surface area contributed by atoms with Crippen LogP contribution in [-0.4, -0.2) is 30.0 Å². The molecule has 1 heterocycles. The maximum atomic E-state index is 6.67. The van der Waals surface area contributed by atoms with Crippen LogP contribution in [0.1, 0.15) is 290 Å². The van der Waals surface area contributed by atoms with Crippen molar-refractivity contribution in [2.24, 2.45) is 0 Å². The summed E-state index contributed by atoms with van der Waals surface area (Å²) in [5.74, 6) is 3.01. The fourth-order valence-electron chi connectivity index (χ4n) is 9.57. The van der Waals surface area contributed by atoms with Gasteiger partial charge in [0.1, 0.15) is 0 Å². The monoisotopic (exact) mass is 958 g/mol. The first-order chi connectivity index (χ1) is 34.2. The maximum Gasteiger partial charge on any atom is 0.248 e. The Balaban J connectivity index is 1.56. The van der Waals surface area contributed by atoms with Gasteiger partial charge >= 0.3 is 0 Å². The average molecular weight is 959 g/mol. The van der Waals surface area contributed by atoms with Crippen molar-refractivity contribution in [3.05, 3.63) is 36.4 Å². The third-order valence-electron chi connectivity index (χ3n) is 14.1. The molecule has 7 heteroatoms. The molecule has 1 aromatic heterocycles. The second kappa shape index (κ2) is 43.6. The van der Waals surface area contributed by atoms with Gasteiger partial charge in [0.15, 0.2) is 11.5 Å². The van der Waals surface area contributed by atoms with Gasteiger partial charge in [0.2, 0.25) is 17.5 Å². The van der Waals surface area contributed by atoms with Crippen molar-refractivity contribution in [2.75, 3.05) is 25.6 Å². The first-order valence-electron chi connectivity index (χ1n) is 29.9. The van der Waals surface area contributed by atoms with E-state index in [9.17, 15) is 0 Å². The van der Waals surface area contributed by atoms with Crippen molar-refractivity contribution >= 4 is 5.69 Å². The normalized spacial score (nSPS) is 11.5. The highest BCUT2D eigenvalue weighted by atomic mass is 16.5. The molecule has 2 N–H and O–H groups in total. The number of aromatic nitrogens is 2. The van der Waals surface area contributed by atoms with Crippen LogP contribution in [0.5, 0.6) is 17.2 Å². The SMILES string of the molecule is CCCCCCCCCCCCCCCCOc1cc(-c2nnc(-c3ccc(N)cc3)o2)cc(OCCCCCCCCCCCCCCCC)c1OCCCCCCCCCCCCCCCC. The highest BCUT2D eigenvalue weighted by Gasteiger charge is 2.20. The number of nitrogens with zero attached hydrogens (tertiary/aromatic N) is 2. The molecule has 0 amide bonds. The van der Waals surface area contributed by atoms with Gasteiger partial charge < -0.3 is 24.4 Å². The van der Waals surface area contributed by atoms with Crippen LogP contribution >= 0.6 is 0 Å². The molecule has 0 radical (unpaired) electrons. The molecular formula is C62H107N3O4. The molecule has 3 aromatic rings. The third-order valence-corrected chi connectivity index (χ3v) is 14.1. The molecule has 0 aliphatic rings. The molecule has 0 spiro atoms. The Morgan fingerprint density at radius 1 is 0.333 bits per heavy atom. The summed E-state index contributed by atoms with van der Waals surface area (Å²) < 4.78 is 26.2. The lowest BCUT2D eigenvalue weighted by Gasteiger charge is -2.18. The summed E-state index contributed by atoms with van der Waals surface area (Å²) >= 11 is 0. The molecule has 0 bridgehead atoms. The molecule has 0 saturated heterocycles. The molecule has 7 nitrogen and oxygen atoms in total. The zero-order valence-corrected chi connectivity index (χ0v) is 45.4. The Hall–Kier alpha value is -3.22. The Kier molecular flexibility index (Phi) is 37.9. The predicted octanol–water partition coefficient (Wildman–Crippen LogP) is 20.6. The molecule has 0 saturated carbocycles. The topological polar surface area (TPSA) is 92.6 Å². The van der Waals surface area contributed by atoms with Gasteiger partial charge in [0.05, 0.1) is 19.8 Å². The molecule has 2 aromatic carbocycles. The van der Waals surface area contributed by atoms with E-state index in [1.807, 2.05) is 36.4 Å². The van der Waals surface area contributed by atoms with Crippen LogP contribution in [0, 0.1) is 0 Å². The van der Waals surface area contributed by atoms with Crippen molar-refractivity contribution < 1.29 is 18.6 Å². The van der Waals surface area contributed by atoms with Crippen LogP contribution in [0.2, 0.25) is 0 Å². The Labute approximate surface area is 425 Å². The molecule has 0 aliphatic carbocycles. The number of unbranched alkanes of at least 4 members (excludes halogenated alkanes) is 39. The van der Waals surface area contributed by atoms with Gasteiger partial charge in [0.25, 0.3) is 0 Å². The quantitative estimate of drug-likeness (QED) is 0.0445. The van der Waals surface area contributed by atoms with E-state index in [-0.39, 0.29) is 0 Å². The number of nitrogen functional groups attached to an aromatic ring is 1. The van der Waals surface area contributed by atoms with Crippen molar-refractivity contribution in [2.45, 2.75) is 290 Å². The molecule has 3 rings (SSSR count). The highest BCUT2D eigenvalue weighted by molar-refractivity contribution is 5.67. The number of rotatable bonds is 50. The lowest BCUT2D eigenvalue weighted by molar-refractivity contribution is 0.234. The Morgan fingerprint density at radius 3 is 0.899 bits per heavy atom. The van der Waals surface area contributed by atoms with E-state index < -0.39 is 0 Å². The molecule has 69 heavy (non-hydrogen) atoms. The lowest BCUT2D eigenvalue weighted by Crippen LogP contribution is -2.07. The van der Waals surface area contributed by atoms with Crippen LogP contribution in [0.15, 0.2) is 40.8 Å². The van der Waals surface area contributed by atoms with E-state index in [2.05, 4.69) is 31.0 Å². The maximum absolute atomic E-state index is 6.67. The first-order valence-corrected chi connectivity index (χ1v) is 29.9. The van der Waals surface area contributed by atoms with Crippen LogP contribution < -0.4 is 19.9 Å². The van der Waals surface area contributed by atoms with E-state index in [1.54, 1.807) is 0 Å². The van der Waals surface area contributed by atoms with Crippen LogP contribution in [0.3, 0.4) is 0 Å². The van der Waals surface area contributed by atoms with Gasteiger partial charge in [-0.25, -0.2) is 0 Å². The van der Waals surface area contributed by atoms with Crippen molar-refractivity contribution in [3.63, 3.8) is 0 Å². The molecule has 394 valence electrons. The minimum atomic E-state index is 0.433. The summed E-state index contributed by atoms with van der Waals surface area (Å²) in [7, 11) is 0. The smallest absolute Gasteiger partial charge is 0.248 e. The fraction of sp³-hybridized carbons (Fsp3) is 0.774. The van der Waals surface area contributed by atoms with Crippen molar-refractivity contribution in [3.8, 4) is 40.2 Å². The van der Waals surface area contributed by atoms with Crippen LogP contribution in [0.4, 0.5) is 5.69 Å². The number of nitrogens with two attached hydrogens (primary N) is 1. The van der Waals surface area contributed by atoms with E-state index >= 15 is 0 Å². The Morgan fingerprint density at radius 2 is 0.594 bits per heavy atom. The molecule has 0 atom stereocenters. The fourth-order valence-corrected chi connectivity index (χ4v) is 9.57. The minimum absolute atomic E-state index is 0.433. The van der Waals surface area contributed by atoms with Crippen LogP contribution in [-0.2, 0) is 0 Å². The van der Waals surface area contributed by atoms with Crippen molar-refractivity contribution in [1.29, 1.82) is 0 Å². The zero-order valence-electron chi connectivity index (χ0n) is 45.4. The van der Waals surface area contributed by atoms with E-state index in [4.69, 9.17) is 24.4 Å². The molecule has 0 unspecified atom stereocenters. The van der Waals surface area contributed by atoms with E-state index in [0.29, 0.717) is 54.5 Å². The van der Waals surface area contributed by atoms with E-state index in [0.717, 1.165) is 30.4 Å². The summed E-state index contributed by atoms with van der Waals surface area (Å²) in [5, 5.41) is 8.91. The number of ether oxygens (including phenoxy) is 3.